The van der Waals surface area contributed by atoms with Gasteiger partial charge in [0.15, 0.2) is 0 Å². The molecule has 12 heteroatoms. The molecule has 1 spiro atoms. The number of ether oxygens (including phenoxy) is 2. The van der Waals surface area contributed by atoms with E-state index in [9.17, 15) is 18.0 Å². The quantitative estimate of drug-likeness (QED) is 0.392. The van der Waals surface area contributed by atoms with Gasteiger partial charge in [0.05, 0.1) is 35.3 Å². The number of fused-ring (bicyclic) bond motifs is 6. The number of rotatable bonds is 4. The number of nitrogens with one attached hydrogen (secondary N) is 1. The Bertz CT molecular complexity index is 1840. The number of amides is 2. The third-order valence-electron chi connectivity index (χ3n) is 12.4. The Morgan fingerprint density at radius 2 is 2.00 bits per heavy atom. The average Bonchev–Trinajstić information content (AvgIpc) is 3.19. The van der Waals surface area contributed by atoms with E-state index < -0.39 is 26.6 Å². The third kappa shape index (κ3) is 6.32. The number of likely N-dealkylation sites (N-methyl/N-ethyl adjacent to an activating group) is 1. The number of carbonyl (C=O) groups is 2. The van der Waals surface area contributed by atoms with Gasteiger partial charge in [-0.15, -0.1) is 0 Å². The number of sulfonamides is 1. The van der Waals surface area contributed by atoms with Crippen LogP contribution in [0.1, 0.15) is 74.4 Å². The van der Waals surface area contributed by atoms with Crippen molar-refractivity contribution in [1.29, 1.82) is 0 Å². The van der Waals surface area contributed by atoms with E-state index in [4.69, 9.17) is 21.1 Å². The van der Waals surface area contributed by atoms with Crippen molar-refractivity contribution >= 4 is 39.1 Å². The Morgan fingerprint density at radius 3 is 2.72 bits per heavy atom. The normalized spacial score (nSPS) is 31.4. The number of hydrogen-bond acceptors (Lipinski definition) is 7. The molecule has 1 fully saturated rings. The van der Waals surface area contributed by atoms with E-state index in [1.54, 1.807) is 50.1 Å². The van der Waals surface area contributed by atoms with Crippen LogP contribution in [0.15, 0.2) is 42.0 Å². The van der Waals surface area contributed by atoms with Crippen LogP contribution in [0.4, 0.5) is 10.1 Å². The summed E-state index contributed by atoms with van der Waals surface area (Å²) in [7, 11) is -2.22. The highest BCUT2D eigenvalue weighted by molar-refractivity contribution is 7.90. The van der Waals surface area contributed by atoms with E-state index in [0.29, 0.717) is 50.6 Å². The van der Waals surface area contributed by atoms with Crippen LogP contribution in [0.3, 0.4) is 0 Å². The van der Waals surface area contributed by atoms with Gasteiger partial charge in [0.1, 0.15) is 11.6 Å². The van der Waals surface area contributed by atoms with Crippen molar-refractivity contribution in [3.05, 3.63) is 69.5 Å². The summed E-state index contributed by atoms with van der Waals surface area (Å²) < 4.78 is 58.1. The molecular weight excluding hydrogens is 681 g/mol. The van der Waals surface area contributed by atoms with Crippen LogP contribution < -0.4 is 14.4 Å². The van der Waals surface area contributed by atoms with Crippen molar-refractivity contribution in [2.75, 3.05) is 44.8 Å². The maximum atomic E-state index is 15.4. The van der Waals surface area contributed by atoms with E-state index in [0.717, 1.165) is 43.4 Å². The minimum absolute atomic E-state index is 0.0195. The largest absolute Gasteiger partial charge is 0.490 e. The molecule has 3 heterocycles. The molecule has 1 saturated carbocycles. The zero-order chi connectivity index (χ0) is 35.5. The lowest BCUT2D eigenvalue weighted by Crippen LogP contribution is -2.51. The van der Waals surface area contributed by atoms with Gasteiger partial charge in [-0.05, 0) is 110 Å². The van der Waals surface area contributed by atoms with Crippen LogP contribution in [0.2, 0.25) is 5.02 Å². The highest BCUT2D eigenvalue weighted by Gasteiger charge is 2.47. The minimum atomic E-state index is -3.99. The minimum Gasteiger partial charge on any atom is -0.490 e. The molecule has 1 N–H and O–H groups in total. The third-order valence-corrected chi connectivity index (χ3v) is 14.6. The molecule has 7 atom stereocenters. The van der Waals surface area contributed by atoms with E-state index >= 15 is 4.39 Å². The average molecular weight is 728 g/mol. The molecule has 2 aromatic carbocycles. The maximum Gasteiger partial charge on any atom is 0.264 e. The number of anilines is 1. The summed E-state index contributed by atoms with van der Waals surface area (Å²) >= 11 is 6.25. The van der Waals surface area contributed by atoms with Gasteiger partial charge >= 0.3 is 0 Å². The topological polar surface area (TPSA) is 105 Å². The Kier molecular flexibility index (Phi) is 9.48. The molecule has 270 valence electrons. The zero-order valence-corrected chi connectivity index (χ0v) is 30.8. The summed E-state index contributed by atoms with van der Waals surface area (Å²) in [6.07, 6.45) is 6.92. The predicted molar refractivity (Wildman–Crippen MR) is 191 cm³/mol. The van der Waals surface area contributed by atoms with Crippen molar-refractivity contribution in [3.8, 4) is 5.75 Å². The summed E-state index contributed by atoms with van der Waals surface area (Å²) in [5.41, 5.74) is 3.15. The first-order valence-corrected chi connectivity index (χ1v) is 19.8. The molecule has 50 heavy (non-hydrogen) atoms. The van der Waals surface area contributed by atoms with Crippen LogP contribution in [0.5, 0.6) is 5.75 Å². The standard InChI is InChI=1S/C38H47ClFN3O6S/c1-22-23(2)50(46,47)41-37(45)25-8-12-34-33(18-25)43(20-38(21-49-34)13-5-6-30-31(38)10-11-32(39)35(30)40)19-26-7-9-29(26)36(28-16-27(22)17-28)48-15-14-42(4)24(3)44/h8,10-12,16,18,22-23,26-27,29,36H,5-7,9,13-15,17,19-21H2,1-4H3,(H,41,45)/t22-,23-,26+,27+,29-,36+,38+/m1/s1. The van der Waals surface area contributed by atoms with E-state index in [1.165, 1.54) is 5.57 Å². The summed E-state index contributed by atoms with van der Waals surface area (Å²) in [5.74, 6) is -0.155. The Labute approximate surface area is 299 Å². The van der Waals surface area contributed by atoms with Crippen molar-refractivity contribution in [1.82, 2.24) is 9.62 Å². The van der Waals surface area contributed by atoms with Crippen molar-refractivity contribution in [2.45, 2.75) is 76.1 Å². The molecule has 3 aliphatic carbocycles. The smallest absolute Gasteiger partial charge is 0.264 e. The SMILES string of the molecule is CC(=O)N(C)CCO[C@H]1C2=C[C@@H](C2)[C@H](C)[C@@H](C)S(=O)(=O)NC(=O)c2ccc3c(c2)N(C[C@@H]2CC[C@H]21)C[C@@]1(CCCc2c1ccc(Cl)c2F)CO3. The van der Waals surface area contributed by atoms with Crippen molar-refractivity contribution in [2.24, 2.45) is 23.7 Å². The van der Waals surface area contributed by atoms with Gasteiger partial charge in [-0.1, -0.05) is 30.7 Å². The van der Waals surface area contributed by atoms with Crippen LogP contribution in [0, 0.1) is 29.5 Å². The molecule has 4 bridgehead atoms. The van der Waals surface area contributed by atoms with Gasteiger partial charge in [-0.25, -0.2) is 17.5 Å². The number of carbonyl (C=O) groups excluding carboxylic acids is 2. The lowest BCUT2D eigenvalue weighted by molar-refractivity contribution is -0.128. The Morgan fingerprint density at radius 1 is 1.22 bits per heavy atom. The first-order valence-electron chi connectivity index (χ1n) is 17.9. The van der Waals surface area contributed by atoms with Gasteiger partial charge < -0.3 is 19.3 Å². The van der Waals surface area contributed by atoms with Crippen LogP contribution in [0.25, 0.3) is 0 Å². The van der Waals surface area contributed by atoms with Gasteiger partial charge in [0, 0.05) is 44.6 Å². The molecule has 8 rings (SSSR count). The fourth-order valence-corrected chi connectivity index (χ4v) is 10.3. The second kappa shape index (κ2) is 13.4. The molecule has 0 aromatic heterocycles. The number of halogens is 2. The number of hydrogen-bond donors (Lipinski definition) is 1. The molecule has 9 nitrogen and oxygen atoms in total. The second-order valence-corrected chi connectivity index (χ2v) is 17.7. The van der Waals surface area contributed by atoms with Crippen LogP contribution in [-0.2, 0) is 31.4 Å². The lowest BCUT2D eigenvalue weighted by atomic mass is 9.64. The summed E-state index contributed by atoms with van der Waals surface area (Å²) in [6, 6.07) is 8.67. The molecule has 2 amide bonds. The fourth-order valence-electron chi connectivity index (χ4n) is 8.75. The van der Waals surface area contributed by atoms with Gasteiger partial charge in [0.25, 0.3) is 5.91 Å². The Balaban J connectivity index is 1.29. The zero-order valence-electron chi connectivity index (χ0n) is 29.2. The molecule has 0 saturated heterocycles. The number of nitrogens with zero attached hydrogens (tertiary/aromatic N) is 2. The molecule has 0 unspecified atom stereocenters. The predicted octanol–water partition coefficient (Wildman–Crippen LogP) is 5.89. The molecular formula is C38H47ClFN3O6S. The van der Waals surface area contributed by atoms with Gasteiger partial charge in [-0.3, -0.25) is 9.59 Å². The van der Waals surface area contributed by atoms with E-state index in [-0.39, 0.29) is 52.1 Å². The van der Waals surface area contributed by atoms with Crippen LogP contribution in [-0.4, -0.2) is 76.4 Å². The van der Waals surface area contributed by atoms with Crippen LogP contribution >= 0.6 is 11.6 Å². The van der Waals surface area contributed by atoms with Crippen molar-refractivity contribution in [3.63, 3.8) is 0 Å². The fraction of sp³-hybridized carbons (Fsp3) is 0.579. The number of allylic oxidation sites excluding steroid dienone is 1. The first-order chi connectivity index (χ1) is 23.8. The molecule has 0 radical (unpaired) electrons. The first kappa shape index (κ1) is 35.3. The highest BCUT2D eigenvalue weighted by Crippen LogP contribution is 2.50. The monoisotopic (exact) mass is 727 g/mol. The molecule has 3 aliphatic heterocycles. The number of benzene rings is 2. The summed E-state index contributed by atoms with van der Waals surface area (Å²) in [5, 5.41) is -0.689. The second-order valence-electron chi connectivity index (χ2n) is 15.3. The maximum absolute atomic E-state index is 15.4. The van der Waals surface area contributed by atoms with Gasteiger partial charge in [0.2, 0.25) is 15.9 Å². The van der Waals surface area contributed by atoms with Gasteiger partial charge in [-0.2, -0.15) is 0 Å². The lowest BCUT2D eigenvalue weighted by Gasteiger charge is -2.48. The highest BCUT2D eigenvalue weighted by atomic mass is 35.5. The van der Waals surface area contributed by atoms with Crippen molar-refractivity contribution < 1.29 is 31.9 Å². The van der Waals surface area contributed by atoms with E-state index in [1.807, 2.05) is 13.0 Å². The summed E-state index contributed by atoms with van der Waals surface area (Å²) in [4.78, 5) is 29.4. The summed E-state index contributed by atoms with van der Waals surface area (Å²) in [6.45, 7) is 7.54. The van der Waals surface area contributed by atoms with E-state index in [2.05, 4.69) is 15.7 Å². The molecule has 6 aliphatic rings. The Hall–Kier alpha value is -3.15. The molecule has 2 aromatic rings.